The average molecular weight is 449 g/mol. The normalized spacial score (nSPS) is 12.1. The summed E-state index contributed by atoms with van der Waals surface area (Å²) in [6.45, 7) is 10.1. The Morgan fingerprint density at radius 3 is 2.19 bits per heavy atom. The molecule has 170 valence electrons. The van der Waals surface area contributed by atoms with Gasteiger partial charge in [-0.3, -0.25) is 4.79 Å². The first-order valence-corrected chi connectivity index (χ1v) is 11.6. The summed E-state index contributed by atoms with van der Waals surface area (Å²) in [5.41, 5.74) is 1.55. The molecule has 0 aliphatic carbocycles. The molecule has 0 aliphatic rings. The minimum absolute atomic E-state index is 0.0768. The maximum absolute atomic E-state index is 12.8. The smallest absolute Gasteiger partial charge is 0.251 e. The monoisotopic (exact) mass is 448 g/mol. The highest BCUT2D eigenvalue weighted by molar-refractivity contribution is 7.89. The van der Waals surface area contributed by atoms with Gasteiger partial charge in [-0.05, 0) is 63.9 Å². The molecular formula is C23H32N2O5S. The molecule has 0 atom stereocenters. The lowest BCUT2D eigenvalue weighted by atomic mass is 10.1. The molecule has 0 fully saturated rings. The first kappa shape index (κ1) is 24.8. The van der Waals surface area contributed by atoms with E-state index in [0.717, 1.165) is 11.1 Å². The molecule has 0 bridgehead atoms. The van der Waals surface area contributed by atoms with E-state index in [2.05, 4.69) is 10.0 Å². The highest BCUT2D eigenvalue weighted by atomic mass is 32.2. The lowest BCUT2D eigenvalue weighted by Crippen LogP contribution is -2.40. The summed E-state index contributed by atoms with van der Waals surface area (Å²) >= 11 is 0. The first-order valence-electron chi connectivity index (χ1n) is 10.1. The molecule has 0 radical (unpaired) electrons. The maximum Gasteiger partial charge on any atom is 0.251 e. The van der Waals surface area contributed by atoms with Gasteiger partial charge < -0.3 is 14.8 Å². The van der Waals surface area contributed by atoms with Gasteiger partial charge in [0.25, 0.3) is 5.91 Å². The molecular weight excluding hydrogens is 416 g/mol. The summed E-state index contributed by atoms with van der Waals surface area (Å²) < 4.78 is 38.9. The molecule has 0 aliphatic heterocycles. The van der Waals surface area contributed by atoms with Gasteiger partial charge in [-0.2, -0.15) is 0 Å². The molecule has 0 saturated carbocycles. The molecule has 0 aromatic heterocycles. The summed E-state index contributed by atoms with van der Waals surface area (Å²) in [5.74, 6) is -0.199. The van der Waals surface area contributed by atoms with E-state index in [-0.39, 0.29) is 28.2 Å². The molecule has 2 N–H and O–H groups in total. The third kappa shape index (κ3) is 7.65. The number of benzene rings is 2. The molecule has 2 rings (SSSR count). The van der Waals surface area contributed by atoms with Crippen LogP contribution in [0.15, 0.2) is 47.4 Å². The van der Waals surface area contributed by atoms with E-state index in [1.807, 2.05) is 38.1 Å². The second kappa shape index (κ2) is 10.3. The molecule has 31 heavy (non-hydrogen) atoms. The van der Waals surface area contributed by atoms with Crippen LogP contribution in [0.2, 0.25) is 0 Å². The third-order valence-corrected chi connectivity index (χ3v) is 5.99. The number of ether oxygens (including phenoxy) is 2. The van der Waals surface area contributed by atoms with Crippen molar-refractivity contribution in [3.8, 4) is 5.75 Å². The van der Waals surface area contributed by atoms with E-state index in [1.165, 1.54) is 25.3 Å². The fourth-order valence-corrected chi connectivity index (χ4v) is 4.40. The zero-order chi connectivity index (χ0) is 23.2. The lowest BCUT2D eigenvalue weighted by Gasteiger charge is -2.21. The molecule has 1 amide bonds. The number of hydrogen-bond donors (Lipinski definition) is 2. The Morgan fingerprint density at radius 2 is 1.65 bits per heavy atom. The standard InChI is InChI=1S/C23H32N2O5S/c1-16(2)30-15-18-9-7-17(8-10-18)14-24-22(26)19-11-12-20(29-6)21(13-19)31(27,28)25-23(3,4)5/h7-13,16,25H,14-15H2,1-6H3,(H,24,26). The molecule has 0 unspecified atom stereocenters. The minimum Gasteiger partial charge on any atom is -0.495 e. The van der Waals surface area contributed by atoms with Crippen LogP contribution >= 0.6 is 0 Å². The molecule has 8 heteroatoms. The van der Waals surface area contributed by atoms with Crippen LogP contribution in [-0.4, -0.2) is 33.1 Å². The van der Waals surface area contributed by atoms with Crippen LogP contribution in [0.25, 0.3) is 0 Å². The van der Waals surface area contributed by atoms with Gasteiger partial charge in [0.05, 0.1) is 19.8 Å². The van der Waals surface area contributed by atoms with Crippen molar-refractivity contribution in [2.45, 2.75) is 64.3 Å². The van der Waals surface area contributed by atoms with E-state index >= 15 is 0 Å². The number of carbonyl (C=O) groups excluding carboxylic acids is 1. The van der Waals surface area contributed by atoms with Gasteiger partial charge in [0, 0.05) is 17.6 Å². The topological polar surface area (TPSA) is 93.7 Å². The van der Waals surface area contributed by atoms with Crippen molar-refractivity contribution < 1.29 is 22.7 Å². The zero-order valence-corrected chi connectivity index (χ0v) is 19.8. The van der Waals surface area contributed by atoms with Crippen LogP contribution in [0.3, 0.4) is 0 Å². The molecule has 0 heterocycles. The van der Waals surface area contributed by atoms with Crippen molar-refractivity contribution in [3.63, 3.8) is 0 Å². The Balaban J connectivity index is 2.12. The van der Waals surface area contributed by atoms with Crippen molar-refractivity contribution in [3.05, 3.63) is 59.2 Å². The van der Waals surface area contributed by atoms with Gasteiger partial charge in [-0.1, -0.05) is 24.3 Å². The Hall–Kier alpha value is -2.42. The number of amides is 1. The lowest BCUT2D eigenvalue weighted by molar-refractivity contribution is 0.0657. The van der Waals surface area contributed by atoms with E-state index in [4.69, 9.17) is 9.47 Å². The van der Waals surface area contributed by atoms with Gasteiger partial charge >= 0.3 is 0 Å². The van der Waals surface area contributed by atoms with Crippen molar-refractivity contribution in [2.24, 2.45) is 0 Å². The fraction of sp³-hybridized carbons (Fsp3) is 0.435. The molecule has 0 spiro atoms. The minimum atomic E-state index is -3.87. The number of hydrogen-bond acceptors (Lipinski definition) is 5. The van der Waals surface area contributed by atoms with Gasteiger partial charge in [-0.15, -0.1) is 0 Å². The van der Waals surface area contributed by atoms with E-state index in [9.17, 15) is 13.2 Å². The summed E-state index contributed by atoms with van der Waals surface area (Å²) in [5, 5.41) is 2.82. The maximum atomic E-state index is 12.8. The van der Waals surface area contributed by atoms with Crippen molar-refractivity contribution in [1.82, 2.24) is 10.0 Å². The van der Waals surface area contributed by atoms with Crippen LogP contribution in [0, 0.1) is 0 Å². The molecule has 2 aromatic rings. The summed E-state index contributed by atoms with van der Waals surface area (Å²) in [6, 6.07) is 12.1. The summed E-state index contributed by atoms with van der Waals surface area (Å²) in [6.07, 6.45) is 0.163. The van der Waals surface area contributed by atoms with E-state index < -0.39 is 15.6 Å². The average Bonchev–Trinajstić information content (AvgIpc) is 2.69. The second-order valence-electron chi connectivity index (χ2n) is 8.58. The predicted molar refractivity (Wildman–Crippen MR) is 121 cm³/mol. The number of rotatable bonds is 9. The fourth-order valence-electron chi connectivity index (χ4n) is 2.79. The number of methoxy groups -OCH3 is 1. The Labute approximate surface area is 185 Å². The van der Waals surface area contributed by atoms with E-state index in [0.29, 0.717) is 13.2 Å². The van der Waals surface area contributed by atoms with Crippen molar-refractivity contribution >= 4 is 15.9 Å². The molecule has 0 saturated heterocycles. The number of nitrogens with one attached hydrogen (secondary N) is 2. The summed E-state index contributed by atoms with van der Waals surface area (Å²) in [4.78, 5) is 12.6. The van der Waals surface area contributed by atoms with Crippen LogP contribution in [0.5, 0.6) is 5.75 Å². The Morgan fingerprint density at radius 1 is 1.03 bits per heavy atom. The van der Waals surface area contributed by atoms with Crippen LogP contribution in [-0.2, 0) is 27.9 Å². The number of carbonyl (C=O) groups is 1. The van der Waals surface area contributed by atoms with Crippen molar-refractivity contribution in [2.75, 3.05) is 7.11 Å². The van der Waals surface area contributed by atoms with E-state index in [1.54, 1.807) is 20.8 Å². The largest absolute Gasteiger partial charge is 0.495 e. The van der Waals surface area contributed by atoms with Gasteiger partial charge in [0.15, 0.2) is 0 Å². The SMILES string of the molecule is COc1ccc(C(=O)NCc2ccc(COC(C)C)cc2)cc1S(=O)(=O)NC(C)(C)C. The second-order valence-corrected chi connectivity index (χ2v) is 10.2. The van der Waals surface area contributed by atoms with Gasteiger partial charge in [0.2, 0.25) is 10.0 Å². The predicted octanol–water partition coefficient (Wildman–Crippen LogP) is 3.63. The Kier molecular flexibility index (Phi) is 8.22. The quantitative estimate of drug-likeness (QED) is 0.611. The Bertz CT molecular complexity index is 994. The van der Waals surface area contributed by atoms with Crippen LogP contribution in [0.1, 0.15) is 56.1 Å². The van der Waals surface area contributed by atoms with Gasteiger partial charge in [0.1, 0.15) is 10.6 Å². The van der Waals surface area contributed by atoms with Crippen molar-refractivity contribution in [1.29, 1.82) is 0 Å². The highest BCUT2D eigenvalue weighted by Gasteiger charge is 2.26. The van der Waals surface area contributed by atoms with Crippen LogP contribution in [0.4, 0.5) is 0 Å². The third-order valence-electron chi connectivity index (χ3n) is 4.22. The summed E-state index contributed by atoms with van der Waals surface area (Å²) in [7, 11) is -2.48. The molecule has 2 aromatic carbocycles. The number of sulfonamides is 1. The molecule has 7 nitrogen and oxygen atoms in total. The first-order chi connectivity index (χ1) is 14.4. The van der Waals surface area contributed by atoms with Crippen LogP contribution < -0.4 is 14.8 Å². The van der Waals surface area contributed by atoms with Gasteiger partial charge in [-0.25, -0.2) is 13.1 Å². The highest BCUT2D eigenvalue weighted by Crippen LogP contribution is 2.26. The zero-order valence-electron chi connectivity index (χ0n) is 19.0.